The molecule has 0 bridgehead atoms. The topological polar surface area (TPSA) is 105 Å². The average Bonchev–Trinajstić information content (AvgIpc) is 3.20. The van der Waals surface area contributed by atoms with E-state index in [0.29, 0.717) is 43.6 Å². The van der Waals surface area contributed by atoms with Crippen molar-refractivity contribution in [2.24, 2.45) is 0 Å². The average molecular weight is 491 g/mol. The zero-order chi connectivity index (χ0) is 23.2. The molecule has 11 heteroatoms. The molecule has 0 atom stereocenters. The number of halogens is 1. The van der Waals surface area contributed by atoms with Gasteiger partial charge in [0.2, 0.25) is 10.0 Å². The lowest BCUT2D eigenvalue weighted by Crippen LogP contribution is -2.41. The number of fused-ring (bicyclic) bond motifs is 3. The van der Waals surface area contributed by atoms with Crippen LogP contribution in [0.3, 0.4) is 0 Å². The molecule has 0 amide bonds. The first kappa shape index (κ1) is 22.1. The molecule has 1 fully saturated rings. The third-order valence-electron chi connectivity index (χ3n) is 6.08. The van der Waals surface area contributed by atoms with Crippen molar-refractivity contribution in [1.29, 1.82) is 0 Å². The maximum Gasteiger partial charge on any atom is 0.339 e. The van der Waals surface area contributed by atoms with Gasteiger partial charge in [0, 0.05) is 66.0 Å². The number of carbonyl (C=O) groups excluding carboxylic acids is 1. The van der Waals surface area contributed by atoms with Gasteiger partial charge in [0.25, 0.3) is 0 Å². The van der Waals surface area contributed by atoms with Crippen LogP contribution in [-0.2, 0) is 32.5 Å². The number of aromatic nitrogens is 2. The Morgan fingerprint density at radius 3 is 2.76 bits per heavy atom. The maximum atomic E-state index is 13.6. The molecule has 174 valence electrons. The van der Waals surface area contributed by atoms with Crippen LogP contribution in [0.5, 0.6) is 0 Å². The Kier molecular flexibility index (Phi) is 5.77. The van der Waals surface area contributed by atoms with Crippen LogP contribution in [0, 0.1) is 0 Å². The van der Waals surface area contributed by atoms with Gasteiger partial charge >= 0.3 is 5.97 Å². The molecule has 33 heavy (non-hydrogen) atoms. The number of aromatic amines is 1. The third kappa shape index (κ3) is 3.97. The van der Waals surface area contributed by atoms with Crippen molar-refractivity contribution in [3.8, 4) is 0 Å². The number of H-pyrrole nitrogens is 1. The van der Waals surface area contributed by atoms with E-state index in [2.05, 4.69) is 9.97 Å². The number of morpholine rings is 1. The first-order chi connectivity index (χ1) is 15.9. The molecule has 5 rings (SSSR count). The fraction of sp³-hybridized carbons (Fsp3) is 0.364. The lowest BCUT2D eigenvalue weighted by molar-refractivity contribution is 0.0599. The summed E-state index contributed by atoms with van der Waals surface area (Å²) in [4.78, 5) is 21.9. The lowest BCUT2D eigenvalue weighted by atomic mass is 10.0. The van der Waals surface area contributed by atoms with E-state index in [1.807, 2.05) is 23.1 Å². The lowest BCUT2D eigenvalue weighted by Gasteiger charge is -2.32. The zero-order valence-electron chi connectivity index (χ0n) is 18.0. The highest BCUT2D eigenvalue weighted by Gasteiger charge is 2.33. The van der Waals surface area contributed by atoms with Crippen molar-refractivity contribution in [2.45, 2.75) is 17.9 Å². The Morgan fingerprint density at radius 1 is 1.21 bits per heavy atom. The molecule has 2 aromatic heterocycles. The van der Waals surface area contributed by atoms with Gasteiger partial charge in [-0.3, -0.25) is 0 Å². The van der Waals surface area contributed by atoms with Crippen molar-refractivity contribution in [3.63, 3.8) is 0 Å². The van der Waals surface area contributed by atoms with Crippen molar-refractivity contribution in [2.75, 3.05) is 44.9 Å². The molecule has 0 saturated carbocycles. The maximum absolute atomic E-state index is 13.6. The van der Waals surface area contributed by atoms with Crippen LogP contribution in [0.15, 0.2) is 35.4 Å². The Balaban J connectivity index is 1.59. The van der Waals surface area contributed by atoms with E-state index in [-0.39, 0.29) is 23.5 Å². The molecule has 2 aliphatic heterocycles. The number of nitrogens with zero attached hydrogens (tertiary/aromatic N) is 3. The fourth-order valence-corrected chi connectivity index (χ4v) is 6.16. The smallest absolute Gasteiger partial charge is 0.339 e. The van der Waals surface area contributed by atoms with Crippen LogP contribution in [0.1, 0.15) is 21.6 Å². The van der Waals surface area contributed by atoms with E-state index in [1.54, 1.807) is 0 Å². The number of anilines is 1. The summed E-state index contributed by atoms with van der Waals surface area (Å²) in [6, 6.07) is 7.05. The Hall–Kier alpha value is -2.66. The van der Waals surface area contributed by atoms with Crippen molar-refractivity contribution in [3.05, 3.63) is 52.3 Å². The van der Waals surface area contributed by atoms with Crippen LogP contribution >= 0.6 is 11.6 Å². The SMILES string of the molecule is COC(=O)c1cnc(N2CCc3[nH]c4ccc(Cl)cc4c3C2)c(S(=O)(=O)N2CCOCC2)c1. The summed E-state index contributed by atoms with van der Waals surface area (Å²) in [6.07, 6.45) is 2.06. The quantitative estimate of drug-likeness (QED) is 0.560. The third-order valence-corrected chi connectivity index (χ3v) is 8.21. The highest BCUT2D eigenvalue weighted by Crippen LogP contribution is 2.34. The van der Waals surface area contributed by atoms with Crippen LogP contribution in [0.2, 0.25) is 5.02 Å². The van der Waals surface area contributed by atoms with Crippen molar-refractivity contribution in [1.82, 2.24) is 14.3 Å². The molecular weight excluding hydrogens is 468 g/mol. The van der Waals surface area contributed by atoms with Gasteiger partial charge in [0.15, 0.2) is 0 Å². The van der Waals surface area contributed by atoms with Gasteiger partial charge in [-0.2, -0.15) is 4.31 Å². The molecule has 0 radical (unpaired) electrons. The zero-order valence-corrected chi connectivity index (χ0v) is 19.6. The predicted molar refractivity (Wildman–Crippen MR) is 123 cm³/mol. The fourth-order valence-electron chi connectivity index (χ4n) is 4.39. The summed E-state index contributed by atoms with van der Waals surface area (Å²) >= 11 is 6.22. The number of hydrogen-bond acceptors (Lipinski definition) is 7. The Labute approximate surface area is 196 Å². The number of rotatable bonds is 4. The summed E-state index contributed by atoms with van der Waals surface area (Å²) in [5.41, 5.74) is 3.24. The molecule has 0 unspecified atom stereocenters. The number of esters is 1. The molecule has 2 aliphatic rings. The van der Waals surface area contributed by atoms with Gasteiger partial charge in [-0.15, -0.1) is 0 Å². The van der Waals surface area contributed by atoms with Crippen molar-refractivity contribution < 1.29 is 22.7 Å². The molecular formula is C22H23ClN4O5S. The molecule has 0 spiro atoms. The van der Waals surface area contributed by atoms with Crippen LogP contribution in [0.25, 0.3) is 10.9 Å². The van der Waals surface area contributed by atoms with E-state index in [9.17, 15) is 13.2 Å². The number of carbonyl (C=O) groups is 1. The highest BCUT2D eigenvalue weighted by molar-refractivity contribution is 7.89. The van der Waals surface area contributed by atoms with Gasteiger partial charge in [-0.1, -0.05) is 11.6 Å². The summed E-state index contributed by atoms with van der Waals surface area (Å²) in [7, 11) is -2.66. The highest BCUT2D eigenvalue weighted by atomic mass is 35.5. The molecule has 3 aromatic rings. The van der Waals surface area contributed by atoms with E-state index >= 15 is 0 Å². The first-order valence-electron chi connectivity index (χ1n) is 10.6. The molecule has 0 aliphatic carbocycles. The number of pyridine rings is 1. The number of benzene rings is 1. The number of methoxy groups -OCH3 is 1. The minimum atomic E-state index is -3.91. The van der Waals surface area contributed by atoms with E-state index in [0.717, 1.165) is 22.2 Å². The van der Waals surface area contributed by atoms with Gasteiger partial charge in [0.1, 0.15) is 10.7 Å². The van der Waals surface area contributed by atoms with Gasteiger partial charge < -0.3 is 19.4 Å². The summed E-state index contributed by atoms with van der Waals surface area (Å²) < 4.78 is 38.7. The second kappa shape index (κ2) is 8.60. The van der Waals surface area contributed by atoms with Crippen LogP contribution in [0.4, 0.5) is 5.82 Å². The summed E-state index contributed by atoms with van der Waals surface area (Å²) in [5, 5.41) is 1.64. The molecule has 1 saturated heterocycles. The minimum absolute atomic E-state index is 0.00590. The summed E-state index contributed by atoms with van der Waals surface area (Å²) in [6.45, 7) is 2.17. The summed E-state index contributed by atoms with van der Waals surface area (Å²) in [5.74, 6) is -0.323. The minimum Gasteiger partial charge on any atom is -0.465 e. The number of ether oxygens (including phenoxy) is 2. The number of sulfonamides is 1. The largest absolute Gasteiger partial charge is 0.465 e. The van der Waals surface area contributed by atoms with Gasteiger partial charge in [-0.25, -0.2) is 18.2 Å². The normalized spacial score (nSPS) is 17.2. The van der Waals surface area contributed by atoms with E-state index in [1.165, 1.54) is 23.7 Å². The van der Waals surface area contributed by atoms with Crippen LogP contribution in [-0.4, -0.2) is 68.6 Å². The van der Waals surface area contributed by atoms with Gasteiger partial charge in [0.05, 0.1) is 25.9 Å². The second-order valence-corrected chi connectivity index (χ2v) is 10.3. The molecule has 1 aromatic carbocycles. The van der Waals surface area contributed by atoms with E-state index < -0.39 is 16.0 Å². The second-order valence-electron chi connectivity index (χ2n) is 8.00. The monoisotopic (exact) mass is 490 g/mol. The van der Waals surface area contributed by atoms with Crippen LogP contribution < -0.4 is 4.90 Å². The standard InChI is InChI=1S/C22H23ClN4O5S/c1-31-22(28)14-10-20(33(29,30)27-6-8-32-9-7-27)21(24-12-14)26-5-4-19-17(13-26)16-11-15(23)2-3-18(16)25-19/h2-3,10-12,25H,4-9,13H2,1H3. The predicted octanol–water partition coefficient (Wildman–Crippen LogP) is 2.59. The molecule has 9 nitrogen and oxygen atoms in total. The van der Waals surface area contributed by atoms with Gasteiger partial charge in [-0.05, 0) is 24.3 Å². The number of nitrogens with one attached hydrogen (secondary N) is 1. The van der Waals surface area contributed by atoms with E-state index in [4.69, 9.17) is 21.1 Å². The molecule has 4 heterocycles. The molecule has 1 N–H and O–H groups in total. The Morgan fingerprint density at radius 2 is 2.00 bits per heavy atom. The Bertz CT molecular complexity index is 1330. The number of hydrogen-bond donors (Lipinski definition) is 1. The first-order valence-corrected chi connectivity index (χ1v) is 12.4. The van der Waals surface area contributed by atoms with Crippen molar-refractivity contribution >= 4 is 44.3 Å².